The summed E-state index contributed by atoms with van der Waals surface area (Å²) in [5, 5.41) is 15.1. The van der Waals surface area contributed by atoms with Crippen LogP contribution in [0.15, 0.2) is 12.3 Å². The molecule has 8 nitrogen and oxygen atoms in total. The maximum atomic E-state index is 13.6. The second kappa shape index (κ2) is 11.1. The SMILES string of the molecule is Cc1cc(NCCC(F)(F)F)ncc1-c1sc(C(=O)NCC(C)(C)O)nc1C(=O)N1CCC(F)CC1. The van der Waals surface area contributed by atoms with Gasteiger partial charge in [-0.25, -0.2) is 14.4 Å². The number of hydrogen-bond acceptors (Lipinski definition) is 7. The van der Waals surface area contributed by atoms with Crippen LogP contribution in [0.4, 0.5) is 23.4 Å². The van der Waals surface area contributed by atoms with Crippen molar-refractivity contribution in [3.63, 3.8) is 0 Å². The van der Waals surface area contributed by atoms with Crippen molar-refractivity contribution in [3.8, 4) is 10.4 Å². The highest BCUT2D eigenvalue weighted by Crippen LogP contribution is 2.34. The van der Waals surface area contributed by atoms with Crippen LogP contribution in [0.2, 0.25) is 0 Å². The van der Waals surface area contributed by atoms with Gasteiger partial charge in [-0.05, 0) is 45.2 Å². The third kappa shape index (κ3) is 7.60. The van der Waals surface area contributed by atoms with Crippen LogP contribution in [0.3, 0.4) is 0 Å². The summed E-state index contributed by atoms with van der Waals surface area (Å²) >= 11 is 0.970. The van der Waals surface area contributed by atoms with E-state index in [4.69, 9.17) is 0 Å². The highest BCUT2D eigenvalue weighted by Gasteiger charge is 2.30. The molecule has 1 fully saturated rings. The fraction of sp³-hybridized carbons (Fsp3) is 0.565. The van der Waals surface area contributed by atoms with Crippen LogP contribution < -0.4 is 10.6 Å². The number of amides is 2. The zero-order valence-electron chi connectivity index (χ0n) is 20.2. The summed E-state index contributed by atoms with van der Waals surface area (Å²) in [7, 11) is 0. The Kier molecular flexibility index (Phi) is 8.55. The lowest BCUT2D eigenvalue weighted by atomic mass is 10.1. The number of pyridine rings is 1. The molecule has 0 aromatic carbocycles. The van der Waals surface area contributed by atoms with Crippen molar-refractivity contribution in [2.75, 3.05) is 31.5 Å². The standard InChI is InChI=1S/C23H29F4N5O3S/c1-13-10-16(28-7-6-23(25,26)27)29-11-15(13)18-17(21(34)32-8-4-14(24)5-9-32)31-20(36-18)19(33)30-12-22(2,3)35/h10-11,14,35H,4-9,12H2,1-3H3,(H,28,29)(H,30,33). The number of halogens is 4. The average molecular weight is 532 g/mol. The average Bonchev–Trinajstić information content (AvgIpc) is 3.21. The molecule has 3 N–H and O–H groups in total. The van der Waals surface area contributed by atoms with Crippen LogP contribution >= 0.6 is 11.3 Å². The minimum atomic E-state index is -4.29. The molecule has 0 bridgehead atoms. The Labute approximate surface area is 210 Å². The molecule has 1 aliphatic rings. The number of anilines is 1. The van der Waals surface area contributed by atoms with E-state index in [9.17, 15) is 32.3 Å². The first-order valence-corrected chi connectivity index (χ1v) is 12.3. The molecule has 0 atom stereocenters. The van der Waals surface area contributed by atoms with Gasteiger partial charge in [-0.1, -0.05) is 0 Å². The van der Waals surface area contributed by atoms with Crippen molar-refractivity contribution in [2.45, 2.75) is 58.0 Å². The van der Waals surface area contributed by atoms with E-state index in [1.807, 2.05) is 0 Å². The molecule has 2 amide bonds. The fourth-order valence-corrected chi connectivity index (χ4v) is 4.59. The molecule has 0 spiro atoms. The summed E-state index contributed by atoms with van der Waals surface area (Å²) < 4.78 is 50.9. The summed E-state index contributed by atoms with van der Waals surface area (Å²) in [5.74, 6) is -0.770. The second-order valence-electron chi connectivity index (χ2n) is 9.34. The van der Waals surface area contributed by atoms with E-state index in [1.165, 1.54) is 24.9 Å². The number of alkyl halides is 4. The fourth-order valence-electron chi connectivity index (χ4n) is 3.54. The van der Waals surface area contributed by atoms with Gasteiger partial charge in [0, 0.05) is 37.9 Å². The lowest BCUT2D eigenvalue weighted by Crippen LogP contribution is -2.39. The molecular formula is C23H29F4N5O3S. The topological polar surface area (TPSA) is 107 Å². The quantitative estimate of drug-likeness (QED) is 0.446. The number of hydrogen-bond donors (Lipinski definition) is 3. The molecule has 2 aromatic rings. The number of aryl methyl sites for hydroxylation is 1. The molecule has 198 valence electrons. The van der Waals surface area contributed by atoms with Crippen LogP contribution in [0, 0.1) is 6.92 Å². The van der Waals surface area contributed by atoms with Crippen molar-refractivity contribution >= 4 is 29.0 Å². The Morgan fingerprint density at radius 3 is 2.50 bits per heavy atom. The predicted octanol–water partition coefficient (Wildman–Crippen LogP) is 3.95. The number of likely N-dealkylation sites (tertiary alicyclic amines) is 1. The number of aromatic nitrogens is 2. The third-order valence-electron chi connectivity index (χ3n) is 5.49. The Hall–Kier alpha value is -2.80. The first-order chi connectivity index (χ1) is 16.7. The highest BCUT2D eigenvalue weighted by molar-refractivity contribution is 7.17. The molecule has 3 rings (SSSR count). The first kappa shape index (κ1) is 27.8. The van der Waals surface area contributed by atoms with E-state index < -0.39 is 36.2 Å². The van der Waals surface area contributed by atoms with E-state index in [2.05, 4.69) is 20.6 Å². The zero-order chi connectivity index (χ0) is 26.7. The Bertz CT molecular complexity index is 1090. The Morgan fingerprint density at radius 1 is 1.25 bits per heavy atom. The number of nitrogens with zero attached hydrogens (tertiary/aromatic N) is 3. The van der Waals surface area contributed by atoms with E-state index in [-0.39, 0.29) is 55.5 Å². The predicted molar refractivity (Wildman–Crippen MR) is 128 cm³/mol. The van der Waals surface area contributed by atoms with Gasteiger partial charge >= 0.3 is 6.18 Å². The number of aliphatic hydroxyl groups is 1. The van der Waals surface area contributed by atoms with Gasteiger partial charge in [0.2, 0.25) is 0 Å². The molecule has 36 heavy (non-hydrogen) atoms. The van der Waals surface area contributed by atoms with Crippen molar-refractivity contribution in [3.05, 3.63) is 28.5 Å². The molecule has 2 aromatic heterocycles. The van der Waals surface area contributed by atoms with Crippen LogP contribution in [0.5, 0.6) is 0 Å². The van der Waals surface area contributed by atoms with Crippen molar-refractivity contribution in [1.82, 2.24) is 20.2 Å². The number of piperidine rings is 1. The Morgan fingerprint density at radius 2 is 1.92 bits per heavy atom. The number of rotatable bonds is 8. The molecule has 0 radical (unpaired) electrons. The van der Waals surface area contributed by atoms with E-state index in [0.717, 1.165) is 11.3 Å². The van der Waals surface area contributed by atoms with Gasteiger partial charge in [0.25, 0.3) is 11.8 Å². The molecule has 3 heterocycles. The summed E-state index contributed by atoms with van der Waals surface area (Å²) in [6.45, 7) is 4.84. The third-order valence-corrected chi connectivity index (χ3v) is 6.57. The normalized spacial score (nSPS) is 15.2. The smallest absolute Gasteiger partial charge is 0.389 e. The van der Waals surface area contributed by atoms with Crippen LogP contribution in [0.25, 0.3) is 10.4 Å². The van der Waals surface area contributed by atoms with Gasteiger partial charge in [-0.3, -0.25) is 9.59 Å². The number of carbonyl (C=O) groups is 2. The van der Waals surface area contributed by atoms with Crippen LogP contribution in [-0.2, 0) is 0 Å². The number of nitrogens with one attached hydrogen (secondary N) is 2. The molecule has 0 saturated carbocycles. The lowest BCUT2D eigenvalue weighted by Gasteiger charge is -2.28. The van der Waals surface area contributed by atoms with Crippen LogP contribution in [0.1, 0.15) is 59.0 Å². The number of carbonyl (C=O) groups excluding carboxylic acids is 2. The molecular weight excluding hydrogens is 502 g/mol. The number of thiazole rings is 1. The van der Waals surface area contributed by atoms with Gasteiger partial charge in [-0.15, -0.1) is 11.3 Å². The second-order valence-corrected chi connectivity index (χ2v) is 10.3. The largest absolute Gasteiger partial charge is 0.390 e. The Balaban J connectivity index is 1.90. The summed E-state index contributed by atoms with van der Waals surface area (Å²) in [5.41, 5.74) is -0.0174. The van der Waals surface area contributed by atoms with Gasteiger partial charge in [0.1, 0.15) is 17.7 Å². The van der Waals surface area contributed by atoms with Crippen molar-refractivity contribution in [1.29, 1.82) is 0 Å². The van der Waals surface area contributed by atoms with E-state index >= 15 is 0 Å². The van der Waals surface area contributed by atoms with Gasteiger partial charge in [0.05, 0.1) is 16.9 Å². The lowest BCUT2D eigenvalue weighted by molar-refractivity contribution is -0.131. The maximum absolute atomic E-state index is 13.6. The van der Waals surface area contributed by atoms with Gasteiger partial charge in [-0.2, -0.15) is 13.2 Å². The highest BCUT2D eigenvalue weighted by atomic mass is 32.1. The maximum Gasteiger partial charge on any atom is 0.390 e. The zero-order valence-corrected chi connectivity index (χ0v) is 21.0. The summed E-state index contributed by atoms with van der Waals surface area (Å²) in [6.07, 6.45) is -4.44. The first-order valence-electron chi connectivity index (χ1n) is 11.5. The molecule has 1 saturated heterocycles. The molecule has 0 unspecified atom stereocenters. The molecule has 0 aliphatic carbocycles. The van der Waals surface area contributed by atoms with Crippen LogP contribution in [-0.4, -0.2) is 75.9 Å². The van der Waals surface area contributed by atoms with E-state index in [0.29, 0.717) is 16.0 Å². The van der Waals surface area contributed by atoms with Gasteiger partial charge < -0.3 is 20.6 Å². The molecule has 13 heteroatoms. The monoisotopic (exact) mass is 531 g/mol. The minimum absolute atomic E-state index is 0.00440. The van der Waals surface area contributed by atoms with E-state index in [1.54, 1.807) is 13.0 Å². The molecule has 1 aliphatic heterocycles. The van der Waals surface area contributed by atoms with Crippen molar-refractivity contribution < 1.29 is 32.3 Å². The summed E-state index contributed by atoms with van der Waals surface area (Å²) in [6, 6.07) is 1.56. The van der Waals surface area contributed by atoms with Gasteiger partial charge in [0.15, 0.2) is 5.01 Å². The minimum Gasteiger partial charge on any atom is -0.389 e. The summed E-state index contributed by atoms with van der Waals surface area (Å²) in [4.78, 5) is 36.3. The van der Waals surface area contributed by atoms with Crippen molar-refractivity contribution in [2.24, 2.45) is 0 Å².